The van der Waals surface area contributed by atoms with E-state index in [0.29, 0.717) is 13.2 Å². The summed E-state index contributed by atoms with van der Waals surface area (Å²) in [5.41, 5.74) is 0. The van der Waals surface area contributed by atoms with Crippen LogP contribution in [0.15, 0.2) is 0 Å². The minimum absolute atomic E-state index is 0.161. The predicted molar refractivity (Wildman–Crippen MR) is 68.8 cm³/mol. The molecule has 0 aliphatic carbocycles. The van der Waals surface area contributed by atoms with Gasteiger partial charge in [-0.25, -0.2) is 0 Å². The van der Waals surface area contributed by atoms with E-state index in [4.69, 9.17) is 14.6 Å². The van der Waals surface area contributed by atoms with E-state index in [0.717, 1.165) is 19.4 Å². The summed E-state index contributed by atoms with van der Waals surface area (Å²) in [6.07, 6.45) is 2.48. The van der Waals surface area contributed by atoms with Gasteiger partial charge in [-0.3, -0.25) is 9.59 Å². The molecule has 6 nitrogen and oxygen atoms in total. The highest BCUT2D eigenvalue weighted by atomic mass is 16.5. The van der Waals surface area contributed by atoms with Crippen LogP contribution < -0.4 is 5.32 Å². The van der Waals surface area contributed by atoms with Crippen molar-refractivity contribution in [3.63, 3.8) is 0 Å². The lowest BCUT2D eigenvalue weighted by Gasteiger charge is -2.17. The number of ether oxygens (including phenoxy) is 2. The highest BCUT2D eigenvalue weighted by Crippen LogP contribution is 2.11. The van der Waals surface area contributed by atoms with Crippen LogP contribution in [-0.4, -0.2) is 48.9 Å². The molecule has 0 radical (unpaired) electrons. The molecule has 2 N–H and O–H groups in total. The number of carboxylic acid groups (broad SMARTS) is 1. The maximum absolute atomic E-state index is 11.6. The molecule has 1 aliphatic rings. The van der Waals surface area contributed by atoms with Crippen molar-refractivity contribution < 1.29 is 24.2 Å². The molecule has 0 saturated carbocycles. The van der Waals surface area contributed by atoms with Gasteiger partial charge in [-0.15, -0.1) is 0 Å². The van der Waals surface area contributed by atoms with Crippen LogP contribution in [0.2, 0.25) is 0 Å². The number of carbonyl (C=O) groups is 2. The Bertz CT molecular complexity index is 301. The summed E-state index contributed by atoms with van der Waals surface area (Å²) in [4.78, 5) is 22.3. The topological polar surface area (TPSA) is 84.9 Å². The molecule has 1 saturated heterocycles. The number of carboxylic acids is 1. The largest absolute Gasteiger partial charge is 0.481 e. The monoisotopic (exact) mass is 273 g/mol. The normalized spacial score (nSPS) is 21.9. The molecule has 0 aromatic heterocycles. The highest BCUT2D eigenvalue weighted by molar-refractivity contribution is 5.78. The molecule has 0 aromatic rings. The molecule has 0 bridgehead atoms. The van der Waals surface area contributed by atoms with Gasteiger partial charge in [-0.05, 0) is 26.7 Å². The molecule has 0 aromatic carbocycles. The van der Waals surface area contributed by atoms with E-state index < -0.39 is 11.9 Å². The van der Waals surface area contributed by atoms with Gasteiger partial charge < -0.3 is 19.9 Å². The van der Waals surface area contributed by atoms with Crippen LogP contribution in [0, 0.1) is 5.92 Å². The van der Waals surface area contributed by atoms with Gasteiger partial charge >= 0.3 is 5.97 Å². The summed E-state index contributed by atoms with van der Waals surface area (Å²) >= 11 is 0. The van der Waals surface area contributed by atoms with Crippen molar-refractivity contribution in [2.24, 2.45) is 5.92 Å². The zero-order valence-electron chi connectivity index (χ0n) is 11.6. The fraction of sp³-hybridized carbons (Fsp3) is 0.846. The molecule has 19 heavy (non-hydrogen) atoms. The van der Waals surface area contributed by atoms with Crippen LogP contribution in [0.3, 0.4) is 0 Å². The first kappa shape index (κ1) is 15.9. The average Bonchev–Trinajstić information content (AvgIpc) is 2.86. The van der Waals surface area contributed by atoms with Crippen LogP contribution in [0.25, 0.3) is 0 Å². The maximum atomic E-state index is 11.6. The third-order valence-corrected chi connectivity index (χ3v) is 3.33. The van der Waals surface area contributed by atoms with Gasteiger partial charge in [0, 0.05) is 19.1 Å². The Morgan fingerprint density at radius 2 is 2.21 bits per heavy atom. The Labute approximate surface area is 113 Å². The van der Waals surface area contributed by atoms with Crippen LogP contribution in [0.5, 0.6) is 0 Å². The van der Waals surface area contributed by atoms with Crippen molar-refractivity contribution in [3.05, 3.63) is 0 Å². The van der Waals surface area contributed by atoms with Gasteiger partial charge in [-0.2, -0.15) is 0 Å². The molecule has 1 amide bonds. The SMILES string of the molecule is CC(NC(=O)CCOCC1CCCO1)C(C)C(=O)O. The summed E-state index contributed by atoms with van der Waals surface area (Å²) in [5, 5.41) is 11.5. The summed E-state index contributed by atoms with van der Waals surface area (Å²) < 4.78 is 10.8. The first-order valence-corrected chi connectivity index (χ1v) is 6.72. The molecule has 1 heterocycles. The van der Waals surface area contributed by atoms with Crippen LogP contribution in [0.1, 0.15) is 33.1 Å². The molecular formula is C13H23NO5. The number of carbonyl (C=O) groups excluding carboxylic acids is 1. The first-order chi connectivity index (χ1) is 9.00. The van der Waals surface area contributed by atoms with E-state index in [9.17, 15) is 9.59 Å². The van der Waals surface area contributed by atoms with Gasteiger partial charge in [0.25, 0.3) is 0 Å². The standard InChI is InChI=1S/C13H23NO5/c1-9(13(16)17)10(2)14-12(15)5-7-18-8-11-4-3-6-19-11/h9-11H,3-8H2,1-2H3,(H,14,15)(H,16,17). The van der Waals surface area contributed by atoms with Crippen molar-refractivity contribution in [2.45, 2.75) is 45.3 Å². The Kier molecular flexibility index (Phi) is 6.80. The van der Waals surface area contributed by atoms with Crippen molar-refractivity contribution in [1.82, 2.24) is 5.32 Å². The number of nitrogens with one attached hydrogen (secondary N) is 1. The third-order valence-electron chi connectivity index (χ3n) is 3.33. The fourth-order valence-electron chi connectivity index (χ4n) is 1.82. The predicted octanol–water partition coefficient (Wildman–Crippen LogP) is 0.798. The van der Waals surface area contributed by atoms with Gasteiger partial charge in [0.2, 0.25) is 5.91 Å². The lowest BCUT2D eigenvalue weighted by molar-refractivity contribution is -0.142. The number of amides is 1. The second-order valence-electron chi connectivity index (χ2n) is 4.94. The van der Waals surface area contributed by atoms with Gasteiger partial charge in [0.05, 0.1) is 25.2 Å². The molecule has 6 heteroatoms. The molecule has 1 fully saturated rings. The van der Waals surface area contributed by atoms with Crippen molar-refractivity contribution in [1.29, 1.82) is 0 Å². The summed E-state index contributed by atoms with van der Waals surface area (Å²) in [6.45, 7) is 4.90. The quantitative estimate of drug-likeness (QED) is 0.639. The number of aliphatic carboxylic acids is 1. The molecular weight excluding hydrogens is 250 g/mol. The number of hydrogen-bond donors (Lipinski definition) is 2. The Hall–Kier alpha value is -1.14. The van der Waals surface area contributed by atoms with Gasteiger partial charge in [-0.1, -0.05) is 0 Å². The van der Waals surface area contributed by atoms with E-state index in [2.05, 4.69) is 5.32 Å². The third kappa shape index (κ3) is 6.02. The lowest BCUT2D eigenvalue weighted by Crippen LogP contribution is -2.40. The zero-order chi connectivity index (χ0) is 14.3. The van der Waals surface area contributed by atoms with Crippen molar-refractivity contribution in [2.75, 3.05) is 19.8 Å². The second kappa shape index (κ2) is 8.12. The molecule has 0 spiro atoms. The zero-order valence-corrected chi connectivity index (χ0v) is 11.6. The van der Waals surface area contributed by atoms with E-state index >= 15 is 0 Å². The molecule has 110 valence electrons. The molecule has 3 atom stereocenters. The van der Waals surface area contributed by atoms with Crippen LogP contribution >= 0.6 is 0 Å². The molecule has 1 aliphatic heterocycles. The number of hydrogen-bond acceptors (Lipinski definition) is 4. The highest BCUT2D eigenvalue weighted by Gasteiger charge is 2.21. The first-order valence-electron chi connectivity index (χ1n) is 6.72. The van der Waals surface area contributed by atoms with Gasteiger partial charge in [0.15, 0.2) is 0 Å². The Balaban J connectivity index is 2.08. The lowest BCUT2D eigenvalue weighted by atomic mass is 10.0. The molecule has 3 unspecified atom stereocenters. The van der Waals surface area contributed by atoms with Crippen molar-refractivity contribution >= 4 is 11.9 Å². The minimum atomic E-state index is -0.914. The minimum Gasteiger partial charge on any atom is -0.481 e. The fourth-order valence-corrected chi connectivity index (χ4v) is 1.82. The summed E-state index contributed by atoms with van der Waals surface area (Å²) in [7, 11) is 0. The van der Waals surface area contributed by atoms with Crippen LogP contribution in [-0.2, 0) is 19.1 Å². The maximum Gasteiger partial charge on any atom is 0.308 e. The summed E-state index contributed by atoms with van der Waals surface area (Å²) in [5.74, 6) is -1.70. The number of rotatable bonds is 8. The van der Waals surface area contributed by atoms with Crippen molar-refractivity contribution in [3.8, 4) is 0 Å². The van der Waals surface area contributed by atoms with E-state index in [-0.39, 0.29) is 24.5 Å². The van der Waals surface area contributed by atoms with E-state index in [1.54, 1.807) is 13.8 Å². The second-order valence-corrected chi connectivity index (χ2v) is 4.94. The average molecular weight is 273 g/mol. The van der Waals surface area contributed by atoms with Crippen LogP contribution in [0.4, 0.5) is 0 Å². The smallest absolute Gasteiger partial charge is 0.308 e. The van der Waals surface area contributed by atoms with Gasteiger partial charge in [0.1, 0.15) is 0 Å². The van der Waals surface area contributed by atoms with E-state index in [1.165, 1.54) is 0 Å². The Morgan fingerprint density at radius 1 is 1.47 bits per heavy atom. The molecule has 1 rings (SSSR count). The summed E-state index contributed by atoms with van der Waals surface area (Å²) in [6, 6.07) is -0.386. The Morgan fingerprint density at radius 3 is 2.79 bits per heavy atom. The van der Waals surface area contributed by atoms with E-state index in [1.807, 2.05) is 0 Å².